The number of ether oxygens (including phenoxy) is 1. The normalized spacial score (nSPS) is 16.8. The molecule has 0 fully saturated rings. The minimum Gasteiger partial charge on any atom is -0.496 e. The van der Waals surface area contributed by atoms with Gasteiger partial charge in [-0.2, -0.15) is 5.10 Å². The SMILES string of the molecule is COc1ccccc1C(=O)N1N=C(c2ccco2)C[C@H]1c1cccs1. The zero-order valence-corrected chi connectivity index (χ0v) is 14.4. The number of carbonyl (C=O) groups is 1. The predicted octanol–water partition coefficient (Wildman–Crippen LogP) is 4.34. The lowest BCUT2D eigenvalue weighted by atomic mass is 10.1. The summed E-state index contributed by atoms with van der Waals surface area (Å²) in [6.45, 7) is 0. The van der Waals surface area contributed by atoms with Gasteiger partial charge >= 0.3 is 0 Å². The first kappa shape index (κ1) is 15.7. The molecule has 1 aliphatic heterocycles. The predicted molar refractivity (Wildman–Crippen MR) is 96.1 cm³/mol. The highest BCUT2D eigenvalue weighted by Gasteiger charge is 2.35. The molecule has 3 heterocycles. The maximum Gasteiger partial charge on any atom is 0.278 e. The molecule has 1 amide bonds. The van der Waals surface area contributed by atoms with E-state index in [1.54, 1.807) is 41.9 Å². The van der Waals surface area contributed by atoms with Crippen molar-refractivity contribution in [1.82, 2.24) is 5.01 Å². The van der Waals surface area contributed by atoms with Crippen molar-refractivity contribution in [2.45, 2.75) is 12.5 Å². The summed E-state index contributed by atoms with van der Waals surface area (Å²) in [7, 11) is 1.56. The van der Waals surface area contributed by atoms with Crippen LogP contribution in [0.5, 0.6) is 5.75 Å². The third-order valence-corrected chi connectivity index (χ3v) is 5.11. The summed E-state index contributed by atoms with van der Waals surface area (Å²) in [6.07, 6.45) is 2.23. The fraction of sp³-hybridized carbons (Fsp3) is 0.158. The summed E-state index contributed by atoms with van der Waals surface area (Å²) in [4.78, 5) is 14.3. The molecule has 0 aliphatic carbocycles. The standard InChI is InChI=1S/C19H16N2O3S/c1-23-16-7-3-2-6-13(16)19(22)21-15(18-9-5-11-25-18)12-14(20-21)17-8-4-10-24-17/h2-11,15H,12H2,1H3/t15-/m0/s1. The first-order valence-corrected chi connectivity index (χ1v) is 8.77. The number of nitrogens with zero attached hydrogens (tertiary/aromatic N) is 2. The van der Waals surface area contributed by atoms with Crippen molar-refractivity contribution >= 4 is 23.0 Å². The number of benzene rings is 1. The number of carbonyl (C=O) groups excluding carboxylic acids is 1. The van der Waals surface area contributed by atoms with Crippen LogP contribution in [0.2, 0.25) is 0 Å². The van der Waals surface area contributed by atoms with Gasteiger partial charge in [0, 0.05) is 11.3 Å². The molecule has 0 bridgehead atoms. The van der Waals surface area contributed by atoms with Gasteiger partial charge in [0.1, 0.15) is 17.2 Å². The Morgan fingerprint density at radius 2 is 2.12 bits per heavy atom. The van der Waals surface area contributed by atoms with Crippen molar-refractivity contribution in [1.29, 1.82) is 0 Å². The molecule has 1 aliphatic rings. The van der Waals surface area contributed by atoms with Crippen molar-refractivity contribution in [3.8, 4) is 5.75 Å². The van der Waals surface area contributed by atoms with Gasteiger partial charge in [-0.05, 0) is 35.7 Å². The first-order chi connectivity index (χ1) is 12.3. The Hall–Kier alpha value is -2.86. The van der Waals surface area contributed by atoms with Crippen LogP contribution in [0.4, 0.5) is 0 Å². The second kappa shape index (κ2) is 6.57. The van der Waals surface area contributed by atoms with Gasteiger partial charge in [-0.1, -0.05) is 18.2 Å². The average molecular weight is 352 g/mol. The molecule has 0 saturated carbocycles. The van der Waals surface area contributed by atoms with E-state index in [0.717, 1.165) is 10.6 Å². The van der Waals surface area contributed by atoms with Crippen LogP contribution in [-0.2, 0) is 0 Å². The highest BCUT2D eigenvalue weighted by atomic mass is 32.1. The highest BCUT2D eigenvalue weighted by Crippen LogP contribution is 2.37. The molecule has 6 heteroatoms. The van der Waals surface area contributed by atoms with Crippen LogP contribution in [0, 0.1) is 0 Å². The number of hydrogen-bond donors (Lipinski definition) is 0. The van der Waals surface area contributed by atoms with Gasteiger partial charge in [-0.15, -0.1) is 11.3 Å². The van der Waals surface area contributed by atoms with Crippen LogP contribution >= 0.6 is 11.3 Å². The van der Waals surface area contributed by atoms with E-state index in [9.17, 15) is 4.79 Å². The topological polar surface area (TPSA) is 55.0 Å². The Morgan fingerprint density at radius 3 is 2.84 bits per heavy atom. The first-order valence-electron chi connectivity index (χ1n) is 7.89. The van der Waals surface area contributed by atoms with E-state index >= 15 is 0 Å². The maximum atomic E-state index is 13.2. The Bertz CT molecular complexity index is 901. The van der Waals surface area contributed by atoms with Crippen molar-refractivity contribution < 1.29 is 13.9 Å². The second-order valence-electron chi connectivity index (χ2n) is 5.61. The third-order valence-electron chi connectivity index (χ3n) is 4.13. The quantitative estimate of drug-likeness (QED) is 0.702. The summed E-state index contributed by atoms with van der Waals surface area (Å²) >= 11 is 1.62. The van der Waals surface area contributed by atoms with Gasteiger partial charge in [0.05, 0.1) is 25.0 Å². The molecule has 3 aromatic rings. The molecule has 2 aromatic heterocycles. The number of hydrogen-bond acceptors (Lipinski definition) is 5. The van der Waals surface area contributed by atoms with E-state index in [1.165, 1.54) is 0 Å². The van der Waals surface area contributed by atoms with E-state index in [0.29, 0.717) is 23.5 Å². The Kier molecular flexibility index (Phi) is 4.11. The minimum atomic E-state index is -0.183. The summed E-state index contributed by atoms with van der Waals surface area (Å²) in [6, 6.07) is 14.8. The Balaban J connectivity index is 1.74. The van der Waals surface area contributed by atoms with Gasteiger partial charge in [-0.25, -0.2) is 5.01 Å². The van der Waals surface area contributed by atoms with Crippen LogP contribution in [0.1, 0.15) is 33.5 Å². The van der Waals surface area contributed by atoms with Crippen LogP contribution in [-0.4, -0.2) is 23.7 Å². The molecule has 5 nitrogen and oxygen atoms in total. The number of thiophene rings is 1. The van der Waals surface area contributed by atoms with E-state index in [2.05, 4.69) is 5.10 Å². The summed E-state index contributed by atoms with van der Waals surface area (Å²) in [5.41, 5.74) is 1.27. The lowest BCUT2D eigenvalue weighted by molar-refractivity contribution is 0.0710. The Morgan fingerprint density at radius 1 is 1.24 bits per heavy atom. The Labute approximate surface area is 149 Å². The molecule has 0 unspecified atom stereocenters. The molecule has 0 N–H and O–H groups in total. The maximum absolute atomic E-state index is 13.2. The molecule has 1 atom stereocenters. The van der Waals surface area contributed by atoms with E-state index in [1.807, 2.05) is 41.8 Å². The van der Waals surface area contributed by atoms with Gasteiger partial charge in [0.25, 0.3) is 5.91 Å². The molecular weight excluding hydrogens is 336 g/mol. The van der Waals surface area contributed by atoms with E-state index in [4.69, 9.17) is 9.15 Å². The van der Waals surface area contributed by atoms with Crippen molar-refractivity contribution in [3.05, 3.63) is 76.4 Å². The van der Waals surface area contributed by atoms with Gasteiger partial charge in [-0.3, -0.25) is 4.79 Å². The lowest BCUT2D eigenvalue weighted by Gasteiger charge is -2.21. The largest absolute Gasteiger partial charge is 0.496 e. The van der Waals surface area contributed by atoms with Crippen molar-refractivity contribution in [2.24, 2.45) is 5.10 Å². The average Bonchev–Trinajstić information content (AvgIpc) is 3.41. The second-order valence-corrected chi connectivity index (χ2v) is 6.59. The van der Waals surface area contributed by atoms with Crippen molar-refractivity contribution in [2.75, 3.05) is 7.11 Å². The minimum absolute atomic E-state index is 0.141. The molecule has 4 rings (SSSR count). The van der Waals surface area contributed by atoms with Gasteiger partial charge in [0.2, 0.25) is 0 Å². The molecule has 0 saturated heterocycles. The molecule has 25 heavy (non-hydrogen) atoms. The van der Waals surface area contributed by atoms with E-state index in [-0.39, 0.29) is 11.9 Å². The summed E-state index contributed by atoms with van der Waals surface area (Å²) < 4.78 is 10.8. The fourth-order valence-corrected chi connectivity index (χ4v) is 3.75. The fourth-order valence-electron chi connectivity index (χ4n) is 2.94. The number of hydrazone groups is 1. The zero-order chi connectivity index (χ0) is 17.2. The third kappa shape index (κ3) is 2.85. The summed E-state index contributed by atoms with van der Waals surface area (Å²) in [5.74, 6) is 1.05. The molecule has 126 valence electrons. The van der Waals surface area contributed by atoms with Crippen molar-refractivity contribution in [3.63, 3.8) is 0 Å². The smallest absolute Gasteiger partial charge is 0.278 e. The monoisotopic (exact) mass is 352 g/mol. The van der Waals surface area contributed by atoms with Crippen LogP contribution in [0.3, 0.4) is 0 Å². The summed E-state index contributed by atoms with van der Waals surface area (Å²) in [5, 5.41) is 8.13. The highest BCUT2D eigenvalue weighted by molar-refractivity contribution is 7.10. The number of amides is 1. The molecule has 1 aromatic carbocycles. The number of rotatable bonds is 4. The molecular formula is C19H16N2O3S. The van der Waals surface area contributed by atoms with E-state index < -0.39 is 0 Å². The van der Waals surface area contributed by atoms with Gasteiger partial charge in [0.15, 0.2) is 0 Å². The lowest BCUT2D eigenvalue weighted by Crippen LogP contribution is -2.27. The number of furan rings is 1. The molecule has 0 radical (unpaired) electrons. The van der Waals surface area contributed by atoms with Gasteiger partial charge < -0.3 is 9.15 Å². The number of para-hydroxylation sites is 1. The van der Waals surface area contributed by atoms with Crippen LogP contribution in [0.15, 0.2) is 69.7 Å². The zero-order valence-electron chi connectivity index (χ0n) is 13.6. The molecule has 0 spiro atoms. The van der Waals surface area contributed by atoms with Crippen LogP contribution in [0.25, 0.3) is 0 Å². The number of methoxy groups -OCH3 is 1. The van der Waals surface area contributed by atoms with Crippen LogP contribution < -0.4 is 4.74 Å².